The van der Waals surface area contributed by atoms with Crippen molar-refractivity contribution in [2.24, 2.45) is 0 Å². The summed E-state index contributed by atoms with van der Waals surface area (Å²) in [5, 5.41) is 1.54. The van der Waals surface area contributed by atoms with E-state index in [9.17, 15) is 4.21 Å². The summed E-state index contributed by atoms with van der Waals surface area (Å²) < 4.78 is 13.7. The zero-order valence-corrected chi connectivity index (χ0v) is 18.5. The molecule has 156 valence electrons. The van der Waals surface area contributed by atoms with E-state index in [1.165, 1.54) is 11.1 Å². The summed E-state index contributed by atoms with van der Waals surface area (Å²) in [6.07, 6.45) is 9.13. The number of rotatable bonds is 3. The molecule has 3 aromatic heterocycles. The first kappa shape index (κ1) is 19.7. The first-order valence-corrected chi connectivity index (χ1v) is 11.9. The van der Waals surface area contributed by atoms with Gasteiger partial charge in [0.05, 0.1) is 28.1 Å². The van der Waals surface area contributed by atoms with Gasteiger partial charge in [-0.1, -0.05) is 17.7 Å². The van der Waals surface area contributed by atoms with Gasteiger partial charge in [0.2, 0.25) is 0 Å². The predicted octanol–water partition coefficient (Wildman–Crippen LogP) is 3.34. The van der Waals surface area contributed by atoms with E-state index >= 15 is 0 Å². The molecule has 0 saturated heterocycles. The molecule has 0 fully saturated rings. The smallest absolute Gasteiger partial charge is 0.141 e. The molecule has 5 heterocycles. The van der Waals surface area contributed by atoms with Crippen molar-refractivity contribution in [1.29, 1.82) is 0 Å². The molecule has 0 bridgehead atoms. The lowest BCUT2D eigenvalue weighted by Gasteiger charge is -2.37. The highest BCUT2D eigenvalue weighted by atomic mass is 35.5. The van der Waals surface area contributed by atoms with Crippen molar-refractivity contribution in [2.75, 3.05) is 24.2 Å². The molecule has 5 rings (SSSR count). The van der Waals surface area contributed by atoms with Crippen molar-refractivity contribution < 1.29 is 4.21 Å². The van der Waals surface area contributed by atoms with Gasteiger partial charge >= 0.3 is 0 Å². The third-order valence-corrected chi connectivity index (χ3v) is 7.26. The van der Waals surface area contributed by atoms with Crippen LogP contribution in [0.3, 0.4) is 0 Å². The van der Waals surface area contributed by atoms with E-state index in [0.717, 1.165) is 47.5 Å². The molecule has 0 aliphatic carbocycles. The summed E-state index contributed by atoms with van der Waals surface area (Å²) in [6, 6.07) is 4.26. The van der Waals surface area contributed by atoms with Crippen LogP contribution in [-0.4, -0.2) is 53.8 Å². The molecule has 0 aromatic carbocycles. The number of aromatic nitrogens is 4. The van der Waals surface area contributed by atoms with Crippen LogP contribution in [-0.2, 0) is 24.0 Å². The molecule has 0 spiro atoms. The fourth-order valence-corrected chi connectivity index (χ4v) is 5.25. The molecule has 2 aliphatic heterocycles. The Bertz CT molecular complexity index is 1180. The van der Waals surface area contributed by atoms with Crippen LogP contribution in [0.4, 0.5) is 5.69 Å². The van der Waals surface area contributed by atoms with Gasteiger partial charge < -0.3 is 9.88 Å². The minimum absolute atomic E-state index is 0.273. The van der Waals surface area contributed by atoms with Gasteiger partial charge in [0.1, 0.15) is 17.1 Å². The average molecular weight is 443 g/mol. The minimum Gasteiger partial charge on any atom is -0.363 e. The van der Waals surface area contributed by atoms with Crippen molar-refractivity contribution in [2.45, 2.75) is 32.4 Å². The van der Waals surface area contributed by atoms with E-state index in [2.05, 4.69) is 37.8 Å². The predicted molar refractivity (Wildman–Crippen MR) is 121 cm³/mol. The first-order valence-electron chi connectivity index (χ1n) is 10.0. The Hall–Kier alpha value is -2.29. The molecule has 1 N–H and O–H groups in total. The van der Waals surface area contributed by atoms with E-state index in [1.807, 2.05) is 22.6 Å². The zero-order chi connectivity index (χ0) is 20.8. The van der Waals surface area contributed by atoms with Gasteiger partial charge in [-0.15, -0.1) is 0 Å². The second-order valence-corrected chi connectivity index (χ2v) is 9.57. The molecule has 2 unspecified atom stereocenters. The fraction of sp³-hybridized carbons (Fsp3) is 0.381. The number of nitrogens with zero attached hydrogens (tertiary/aromatic N) is 5. The number of halogens is 1. The molecule has 0 saturated carbocycles. The third kappa shape index (κ3) is 3.42. The van der Waals surface area contributed by atoms with Gasteiger partial charge in [-0.3, -0.25) is 0 Å². The number of hydrogen-bond acceptors (Lipinski definition) is 5. The monoisotopic (exact) mass is 442 g/mol. The summed E-state index contributed by atoms with van der Waals surface area (Å²) in [5.41, 5.74) is 6.38. The average Bonchev–Trinajstić information content (AvgIpc) is 3.20. The summed E-state index contributed by atoms with van der Waals surface area (Å²) in [7, 11) is -0.946. The van der Waals surface area contributed by atoms with Crippen LogP contribution in [0.15, 0.2) is 30.7 Å². The van der Waals surface area contributed by atoms with Gasteiger partial charge in [0, 0.05) is 55.5 Å². The Balaban J connectivity index is 1.54. The van der Waals surface area contributed by atoms with Gasteiger partial charge in [0.15, 0.2) is 0 Å². The van der Waals surface area contributed by atoms with Gasteiger partial charge in [-0.25, -0.2) is 23.5 Å². The van der Waals surface area contributed by atoms with Gasteiger partial charge in [-0.2, -0.15) is 0 Å². The normalized spacial score (nSPS) is 20.8. The summed E-state index contributed by atoms with van der Waals surface area (Å²) in [4.78, 5) is 19.2. The maximum atomic E-state index is 11.8. The van der Waals surface area contributed by atoms with Crippen LogP contribution < -0.4 is 4.90 Å². The summed E-state index contributed by atoms with van der Waals surface area (Å²) >= 11 is 6.32. The standard InChI is InChI=1S/C21H23ClN6OS/c1-13-9-17-16(11-28(13)18-10-19(22)26-21-15(18)3-6-23-21)20(25-12-24-17)14-4-7-27(8-5-14)30(2)29/h3-4,6,10,12-13H,5,7-9,11H2,1-2H3,(H,23,26). The topological polar surface area (TPSA) is 78.0 Å². The lowest BCUT2D eigenvalue weighted by atomic mass is 9.93. The maximum Gasteiger partial charge on any atom is 0.141 e. The quantitative estimate of drug-likeness (QED) is 0.629. The van der Waals surface area contributed by atoms with E-state index in [-0.39, 0.29) is 6.04 Å². The Kier molecular flexibility index (Phi) is 5.08. The van der Waals surface area contributed by atoms with Crippen LogP contribution in [0.1, 0.15) is 30.3 Å². The molecule has 0 radical (unpaired) electrons. The van der Waals surface area contributed by atoms with Crippen LogP contribution in [0.5, 0.6) is 0 Å². The van der Waals surface area contributed by atoms with E-state index < -0.39 is 11.0 Å². The number of H-pyrrole nitrogens is 1. The number of aromatic amines is 1. The second kappa shape index (κ2) is 7.76. The molecular formula is C21H23ClN6OS. The van der Waals surface area contributed by atoms with Gasteiger partial charge in [0.25, 0.3) is 0 Å². The highest BCUT2D eigenvalue weighted by Gasteiger charge is 2.29. The number of anilines is 1. The fourth-order valence-electron chi connectivity index (χ4n) is 4.43. The SMILES string of the molecule is CC1Cc2ncnc(C3=CCN(S(C)=O)CC3)c2CN1c1cc(Cl)nc2[nH]ccc12. The molecule has 2 atom stereocenters. The summed E-state index contributed by atoms with van der Waals surface area (Å²) in [6.45, 7) is 4.39. The summed E-state index contributed by atoms with van der Waals surface area (Å²) in [5.74, 6) is 0. The number of pyridine rings is 1. The van der Waals surface area contributed by atoms with E-state index in [4.69, 9.17) is 11.6 Å². The first-order chi connectivity index (χ1) is 14.5. The van der Waals surface area contributed by atoms with Crippen LogP contribution >= 0.6 is 11.6 Å². The van der Waals surface area contributed by atoms with Gasteiger partial charge in [-0.05, 0) is 31.1 Å². The number of hydrogen-bond donors (Lipinski definition) is 1. The third-order valence-electron chi connectivity index (χ3n) is 6.01. The molecule has 7 nitrogen and oxygen atoms in total. The molecular weight excluding hydrogens is 420 g/mol. The molecule has 2 aliphatic rings. The molecule has 3 aromatic rings. The minimum atomic E-state index is -0.946. The zero-order valence-electron chi connectivity index (χ0n) is 16.9. The second-order valence-electron chi connectivity index (χ2n) is 7.82. The molecule has 9 heteroatoms. The lowest BCUT2D eigenvalue weighted by molar-refractivity contribution is 0.485. The highest BCUT2D eigenvalue weighted by molar-refractivity contribution is 7.81. The van der Waals surface area contributed by atoms with Crippen LogP contribution in [0.25, 0.3) is 16.6 Å². The maximum absolute atomic E-state index is 11.8. The Morgan fingerprint density at radius 3 is 2.97 bits per heavy atom. The largest absolute Gasteiger partial charge is 0.363 e. The van der Waals surface area contributed by atoms with Crippen molar-refractivity contribution >= 4 is 44.9 Å². The van der Waals surface area contributed by atoms with Crippen molar-refractivity contribution in [3.63, 3.8) is 0 Å². The van der Waals surface area contributed by atoms with E-state index in [0.29, 0.717) is 18.2 Å². The van der Waals surface area contributed by atoms with Crippen molar-refractivity contribution in [3.8, 4) is 0 Å². The van der Waals surface area contributed by atoms with Crippen molar-refractivity contribution in [3.05, 3.63) is 52.8 Å². The lowest BCUT2D eigenvalue weighted by Crippen LogP contribution is -2.40. The Labute approximate surface area is 182 Å². The van der Waals surface area contributed by atoms with Crippen molar-refractivity contribution in [1.82, 2.24) is 24.2 Å². The van der Waals surface area contributed by atoms with E-state index in [1.54, 1.807) is 12.6 Å². The van der Waals surface area contributed by atoms with Crippen LogP contribution in [0.2, 0.25) is 5.15 Å². The Morgan fingerprint density at radius 1 is 1.33 bits per heavy atom. The molecule has 0 amide bonds. The van der Waals surface area contributed by atoms with Crippen LogP contribution in [0, 0.1) is 0 Å². The molecule has 30 heavy (non-hydrogen) atoms. The number of nitrogens with one attached hydrogen (secondary N) is 1. The number of fused-ring (bicyclic) bond motifs is 2. The Morgan fingerprint density at radius 2 is 2.20 bits per heavy atom. The highest BCUT2D eigenvalue weighted by Crippen LogP contribution is 2.36.